The summed E-state index contributed by atoms with van der Waals surface area (Å²) >= 11 is 0. The summed E-state index contributed by atoms with van der Waals surface area (Å²) in [5, 5.41) is 0. The molecule has 0 N–H and O–H groups in total. The summed E-state index contributed by atoms with van der Waals surface area (Å²) in [7, 11) is -0.313. The highest BCUT2D eigenvalue weighted by Gasteiger charge is 2.52. The molecule has 4 heteroatoms. The van der Waals surface area contributed by atoms with Crippen molar-refractivity contribution < 1.29 is 14.0 Å². The Morgan fingerprint density at radius 2 is 1.32 bits per heavy atom. The van der Waals surface area contributed by atoms with E-state index in [1.807, 2.05) is 0 Å². The van der Waals surface area contributed by atoms with E-state index >= 15 is 0 Å². The molecule has 3 atom stereocenters. The molecule has 2 aliphatic heterocycles. The van der Waals surface area contributed by atoms with Crippen molar-refractivity contribution in [2.45, 2.75) is 157 Å². The van der Waals surface area contributed by atoms with Gasteiger partial charge < -0.3 is 14.0 Å². The third-order valence-corrected chi connectivity index (χ3v) is 9.45. The average Bonchev–Trinajstić information content (AvgIpc) is 3.01. The molecule has 0 amide bonds. The van der Waals surface area contributed by atoms with Gasteiger partial charge >= 0.3 is 7.12 Å². The molecule has 2 aliphatic rings. The second-order valence-corrected chi connectivity index (χ2v) is 14.3. The third kappa shape index (κ3) is 8.25. The maximum Gasteiger partial charge on any atom is 0.494 e. The van der Waals surface area contributed by atoms with Gasteiger partial charge in [-0.2, -0.15) is 0 Å². The second-order valence-electron chi connectivity index (χ2n) is 14.3. The standard InChI is InChI=1S/C33H57BO3/c1-24(2)14-11-15-25(3)16-12-17-26(4)18-13-20-33(10)21-19-28-23-29(22-27(5)30(28)35-33)34-36-31(6,7)32(8,9)37-34/h22-26H,11-21H2,1-10H3/t25-,26-,33-/m1/s1. The minimum Gasteiger partial charge on any atom is -0.487 e. The molecule has 0 unspecified atom stereocenters. The van der Waals surface area contributed by atoms with Crippen LogP contribution in [0.3, 0.4) is 0 Å². The van der Waals surface area contributed by atoms with Crippen molar-refractivity contribution in [3.05, 3.63) is 23.3 Å². The molecule has 2 heterocycles. The molecule has 1 saturated heterocycles. The van der Waals surface area contributed by atoms with E-state index in [0.29, 0.717) is 0 Å². The first-order valence-corrected chi connectivity index (χ1v) is 15.4. The van der Waals surface area contributed by atoms with E-state index in [1.165, 1.54) is 62.5 Å². The van der Waals surface area contributed by atoms with Crippen LogP contribution < -0.4 is 10.2 Å². The molecule has 0 radical (unpaired) electrons. The molecule has 3 rings (SSSR count). The van der Waals surface area contributed by atoms with Gasteiger partial charge in [-0.25, -0.2) is 0 Å². The van der Waals surface area contributed by atoms with Crippen LogP contribution in [-0.2, 0) is 15.7 Å². The van der Waals surface area contributed by atoms with Crippen LogP contribution in [0.1, 0.15) is 138 Å². The maximum atomic E-state index is 6.72. The zero-order valence-electron chi connectivity index (χ0n) is 26.0. The molecule has 1 aromatic rings. The summed E-state index contributed by atoms with van der Waals surface area (Å²) < 4.78 is 19.3. The van der Waals surface area contributed by atoms with Crippen LogP contribution in [0.15, 0.2) is 12.1 Å². The summed E-state index contributed by atoms with van der Waals surface area (Å²) in [4.78, 5) is 0. The van der Waals surface area contributed by atoms with Gasteiger partial charge in [0.25, 0.3) is 0 Å². The van der Waals surface area contributed by atoms with Gasteiger partial charge in [0.05, 0.1) is 11.2 Å². The number of ether oxygens (including phenoxy) is 1. The van der Waals surface area contributed by atoms with Gasteiger partial charge in [-0.05, 0) is 102 Å². The molecule has 210 valence electrons. The molecule has 1 fully saturated rings. The highest BCUT2D eigenvalue weighted by atomic mass is 16.7. The van der Waals surface area contributed by atoms with Gasteiger partial charge in [0.15, 0.2) is 0 Å². The number of fused-ring (bicyclic) bond motifs is 1. The van der Waals surface area contributed by atoms with E-state index in [-0.39, 0.29) is 23.9 Å². The molecule has 0 spiro atoms. The van der Waals surface area contributed by atoms with Gasteiger partial charge in [-0.3, -0.25) is 0 Å². The number of aryl methyl sites for hydroxylation is 2. The summed E-state index contributed by atoms with van der Waals surface area (Å²) in [6, 6.07) is 4.47. The van der Waals surface area contributed by atoms with Crippen LogP contribution in [0.25, 0.3) is 0 Å². The third-order valence-electron chi connectivity index (χ3n) is 9.45. The Morgan fingerprint density at radius 3 is 1.89 bits per heavy atom. The first-order valence-electron chi connectivity index (χ1n) is 15.4. The van der Waals surface area contributed by atoms with E-state index in [9.17, 15) is 0 Å². The van der Waals surface area contributed by atoms with E-state index in [4.69, 9.17) is 14.0 Å². The Labute approximate surface area is 230 Å². The largest absolute Gasteiger partial charge is 0.494 e. The van der Waals surface area contributed by atoms with Crippen molar-refractivity contribution in [3.63, 3.8) is 0 Å². The maximum absolute atomic E-state index is 6.72. The lowest BCUT2D eigenvalue weighted by Crippen LogP contribution is -2.41. The number of hydrogen-bond donors (Lipinski definition) is 0. The van der Waals surface area contributed by atoms with Crippen LogP contribution in [0.4, 0.5) is 0 Å². The molecule has 3 nitrogen and oxygen atoms in total. The molecule has 0 aromatic heterocycles. The molecule has 0 bridgehead atoms. The zero-order chi connectivity index (χ0) is 27.4. The van der Waals surface area contributed by atoms with Crippen molar-refractivity contribution in [1.82, 2.24) is 0 Å². The minimum atomic E-state index is -0.320. The van der Waals surface area contributed by atoms with Crippen LogP contribution in [-0.4, -0.2) is 23.9 Å². The Bertz CT molecular complexity index is 861. The predicted octanol–water partition coefficient (Wildman–Crippen LogP) is 8.82. The number of benzene rings is 1. The Morgan fingerprint density at radius 1 is 0.784 bits per heavy atom. The summed E-state index contributed by atoms with van der Waals surface area (Å²) in [5.41, 5.74) is 2.92. The molecule has 1 aromatic carbocycles. The van der Waals surface area contributed by atoms with Crippen molar-refractivity contribution in [3.8, 4) is 5.75 Å². The smallest absolute Gasteiger partial charge is 0.487 e. The lowest BCUT2D eigenvalue weighted by Gasteiger charge is -2.37. The lowest BCUT2D eigenvalue weighted by molar-refractivity contribution is 0.00578. The molecular weight excluding hydrogens is 455 g/mol. The monoisotopic (exact) mass is 512 g/mol. The van der Waals surface area contributed by atoms with E-state index < -0.39 is 0 Å². The van der Waals surface area contributed by atoms with Crippen molar-refractivity contribution in [1.29, 1.82) is 0 Å². The van der Waals surface area contributed by atoms with Crippen LogP contribution in [0.5, 0.6) is 5.75 Å². The van der Waals surface area contributed by atoms with Gasteiger partial charge in [0.1, 0.15) is 11.4 Å². The fraction of sp³-hybridized carbons (Fsp3) is 0.818. The van der Waals surface area contributed by atoms with Gasteiger partial charge in [0.2, 0.25) is 0 Å². The predicted molar refractivity (Wildman–Crippen MR) is 159 cm³/mol. The molecule has 0 saturated carbocycles. The SMILES string of the molecule is Cc1cc(B2OC(C)(C)C(C)(C)O2)cc2c1O[C@](C)(CCC[C@H](C)CCC[C@H](C)CCCC(C)C)CC2. The van der Waals surface area contributed by atoms with Crippen LogP contribution in [0.2, 0.25) is 0 Å². The summed E-state index contributed by atoms with van der Waals surface area (Å²) in [6.07, 6.45) is 14.2. The molecule has 37 heavy (non-hydrogen) atoms. The first kappa shape index (κ1) is 30.5. The quantitative estimate of drug-likeness (QED) is 0.247. The fourth-order valence-corrected chi connectivity index (χ4v) is 6.00. The Hall–Kier alpha value is -0.995. The lowest BCUT2D eigenvalue weighted by atomic mass is 9.76. The minimum absolute atomic E-state index is 0.0612. The zero-order valence-corrected chi connectivity index (χ0v) is 26.0. The van der Waals surface area contributed by atoms with E-state index in [0.717, 1.165) is 48.2 Å². The first-order chi connectivity index (χ1) is 17.2. The van der Waals surface area contributed by atoms with Gasteiger partial charge in [-0.15, -0.1) is 0 Å². The van der Waals surface area contributed by atoms with E-state index in [1.54, 1.807) is 0 Å². The average molecular weight is 513 g/mol. The van der Waals surface area contributed by atoms with Crippen molar-refractivity contribution >= 4 is 12.6 Å². The second kappa shape index (κ2) is 12.5. The topological polar surface area (TPSA) is 27.7 Å². The van der Waals surface area contributed by atoms with E-state index in [2.05, 4.69) is 81.4 Å². The Balaban J connectivity index is 1.45. The van der Waals surface area contributed by atoms with Gasteiger partial charge in [-0.1, -0.05) is 84.8 Å². The normalized spacial score (nSPS) is 24.1. The van der Waals surface area contributed by atoms with Crippen molar-refractivity contribution in [2.75, 3.05) is 0 Å². The molecular formula is C33H57BO3. The number of hydrogen-bond acceptors (Lipinski definition) is 3. The van der Waals surface area contributed by atoms with Crippen molar-refractivity contribution in [2.24, 2.45) is 17.8 Å². The summed E-state index contributed by atoms with van der Waals surface area (Å²) in [5.74, 6) is 3.63. The fourth-order valence-electron chi connectivity index (χ4n) is 6.00. The number of rotatable bonds is 13. The summed E-state index contributed by atoms with van der Waals surface area (Å²) in [6.45, 7) is 22.5. The Kier molecular flexibility index (Phi) is 10.3. The van der Waals surface area contributed by atoms with Crippen LogP contribution in [0, 0.1) is 24.7 Å². The highest BCUT2D eigenvalue weighted by Crippen LogP contribution is 2.40. The molecule has 0 aliphatic carbocycles. The van der Waals surface area contributed by atoms with Gasteiger partial charge in [0, 0.05) is 0 Å². The highest BCUT2D eigenvalue weighted by molar-refractivity contribution is 6.62. The van der Waals surface area contributed by atoms with Crippen LogP contribution >= 0.6 is 0 Å².